The van der Waals surface area contributed by atoms with Gasteiger partial charge in [0.1, 0.15) is 11.8 Å². The molecule has 2 unspecified atom stereocenters. The third-order valence-corrected chi connectivity index (χ3v) is 2.97. The van der Waals surface area contributed by atoms with Crippen LogP contribution in [0, 0.1) is 0 Å². The van der Waals surface area contributed by atoms with Crippen molar-refractivity contribution in [3.8, 4) is 5.88 Å². The molecule has 1 amide bonds. The SMILES string of the molecule is CCOc1ncccc1NC(=O)C1CCC(CN)O1. The Bertz CT molecular complexity index is 439. The molecule has 1 aromatic heterocycles. The third kappa shape index (κ3) is 3.42. The van der Waals surface area contributed by atoms with Crippen LogP contribution < -0.4 is 15.8 Å². The topological polar surface area (TPSA) is 86.5 Å². The molecule has 0 saturated carbocycles. The van der Waals surface area contributed by atoms with Crippen LogP contribution in [-0.2, 0) is 9.53 Å². The van der Waals surface area contributed by atoms with Gasteiger partial charge in [-0.15, -0.1) is 0 Å². The Morgan fingerprint density at radius 1 is 1.63 bits per heavy atom. The quantitative estimate of drug-likeness (QED) is 0.827. The van der Waals surface area contributed by atoms with E-state index in [9.17, 15) is 4.79 Å². The molecule has 1 saturated heterocycles. The smallest absolute Gasteiger partial charge is 0.253 e. The van der Waals surface area contributed by atoms with Crippen molar-refractivity contribution >= 4 is 11.6 Å². The largest absolute Gasteiger partial charge is 0.476 e. The predicted octanol–water partition coefficient (Wildman–Crippen LogP) is 0.925. The molecule has 6 heteroatoms. The van der Waals surface area contributed by atoms with E-state index in [0.717, 1.165) is 6.42 Å². The lowest BCUT2D eigenvalue weighted by Gasteiger charge is -2.14. The molecular formula is C13H19N3O3. The molecule has 19 heavy (non-hydrogen) atoms. The van der Waals surface area contributed by atoms with Gasteiger partial charge in [-0.25, -0.2) is 4.98 Å². The highest BCUT2D eigenvalue weighted by atomic mass is 16.5. The number of ether oxygens (including phenoxy) is 2. The minimum atomic E-state index is -0.441. The number of rotatable bonds is 5. The maximum Gasteiger partial charge on any atom is 0.253 e. The minimum Gasteiger partial charge on any atom is -0.476 e. The van der Waals surface area contributed by atoms with Crippen molar-refractivity contribution in [3.05, 3.63) is 18.3 Å². The first-order valence-corrected chi connectivity index (χ1v) is 6.48. The zero-order valence-corrected chi connectivity index (χ0v) is 11.0. The van der Waals surface area contributed by atoms with Gasteiger partial charge >= 0.3 is 0 Å². The van der Waals surface area contributed by atoms with E-state index in [1.807, 2.05) is 6.92 Å². The van der Waals surface area contributed by atoms with E-state index in [1.165, 1.54) is 0 Å². The monoisotopic (exact) mass is 265 g/mol. The summed E-state index contributed by atoms with van der Waals surface area (Å²) in [6.07, 6.45) is 2.67. The van der Waals surface area contributed by atoms with Crippen LogP contribution in [0.1, 0.15) is 19.8 Å². The maximum atomic E-state index is 12.1. The summed E-state index contributed by atoms with van der Waals surface area (Å²) in [5, 5.41) is 2.79. The molecule has 2 atom stereocenters. The van der Waals surface area contributed by atoms with Crippen LogP contribution in [0.2, 0.25) is 0 Å². The van der Waals surface area contributed by atoms with E-state index >= 15 is 0 Å². The number of amides is 1. The predicted molar refractivity (Wildman–Crippen MR) is 71.0 cm³/mol. The fourth-order valence-electron chi connectivity index (χ4n) is 2.02. The maximum absolute atomic E-state index is 12.1. The number of nitrogens with zero attached hydrogens (tertiary/aromatic N) is 1. The number of carbonyl (C=O) groups excluding carboxylic acids is 1. The molecule has 1 fully saturated rings. The van der Waals surface area contributed by atoms with Gasteiger partial charge < -0.3 is 20.5 Å². The number of carbonyl (C=O) groups is 1. The lowest BCUT2D eigenvalue weighted by Crippen LogP contribution is -2.30. The molecule has 0 radical (unpaired) electrons. The van der Waals surface area contributed by atoms with Crippen molar-refractivity contribution in [1.82, 2.24) is 4.98 Å². The van der Waals surface area contributed by atoms with E-state index in [-0.39, 0.29) is 12.0 Å². The van der Waals surface area contributed by atoms with Gasteiger partial charge in [0.05, 0.1) is 12.7 Å². The second-order valence-corrected chi connectivity index (χ2v) is 4.34. The third-order valence-electron chi connectivity index (χ3n) is 2.97. The van der Waals surface area contributed by atoms with Crippen molar-refractivity contribution in [1.29, 1.82) is 0 Å². The second kappa shape index (κ2) is 6.49. The van der Waals surface area contributed by atoms with Crippen LogP contribution in [0.4, 0.5) is 5.69 Å². The summed E-state index contributed by atoms with van der Waals surface area (Å²) in [5.41, 5.74) is 6.09. The van der Waals surface area contributed by atoms with Crippen LogP contribution in [0.15, 0.2) is 18.3 Å². The first-order chi connectivity index (χ1) is 9.24. The molecule has 2 heterocycles. The molecule has 1 aromatic rings. The molecule has 1 aliphatic heterocycles. The molecule has 0 spiro atoms. The number of nitrogens with two attached hydrogens (primary N) is 1. The van der Waals surface area contributed by atoms with Gasteiger partial charge in [-0.2, -0.15) is 0 Å². The molecule has 0 aromatic carbocycles. The highest BCUT2D eigenvalue weighted by Gasteiger charge is 2.30. The number of hydrogen-bond donors (Lipinski definition) is 2. The summed E-state index contributed by atoms with van der Waals surface area (Å²) >= 11 is 0. The Hall–Kier alpha value is -1.66. The fraction of sp³-hybridized carbons (Fsp3) is 0.538. The Balaban J connectivity index is 1.99. The van der Waals surface area contributed by atoms with Gasteiger partial charge in [0, 0.05) is 12.7 Å². The van der Waals surface area contributed by atoms with Gasteiger partial charge in [0.15, 0.2) is 0 Å². The van der Waals surface area contributed by atoms with E-state index < -0.39 is 6.10 Å². The lowest BCUT2D eigenvalue weighted by molar-refractivity contribution is -0.126. The van der Waals surface area contributed by atoms with E-state index in [0.29, 0.717) is 31.1 Å². The highest BCUT2D eigenvalue weighted by Crippen LogP contribution is 2.24. The van der Waals surface area contributed by atoms with E-state index in [4.69, 9.17) is 15.2 Å². The Kier molecular flexibility index (Phi) is 4.70. The number of pyridine rings is 1. The zero-order valence-electron chi connectivity index (χ0n) is 11.0. The number of aromatic nitrogens is 1. The lowest BCUT2D eigenvalue weighted by atomic mass is 10.2. The number of nitrogens with one attached hydrogen (secondary N) is 1. The summed E-state index contributed by atoms with van der Waals surface area (Å²) in [4.78, 5) is 16.2. The molecule has 6 nitrogen and oxygen atoms in total. The average Bonchev–Trinajstić information content (AvgIpc) is 2.90. The van der Waals surface area contributed by atoms with Crippen molar-refractivity contribution in [2.24, 2.45) is 5.73 Å². The molecule has 0 aliphatic carbocycles. The minimum absolute atomic E-state index is 0.0176. The zero-order chi connectivity index (χ0) is 13.7. The Labute approximate surface area is 112 Å². The van der Waals surface area contributed by atoms with Crippen molar-refractivity contribution in [2.45, 2.75) is 32.0 Å². The van der Waals surface area contributed by atoms with Crippen molar-refractivity contribution in [3.63, 3.8) is 0 Å². The molecule has 3 N–H and O–H groups in total. The van der Waals surface area contributed by atoms with Crippen LogP contribution in [0.5, 0.6) is 5.88 Å². The number of anilines is 1. The highest BCUT2D eigenvalue weighted by molar-refractivity contribution is 5.95. The van der Waals surface area contributed by atoms with Crippen molar-refractivity contribution < 1.29 is 14.3 Å². The normalized spacial score (nSPS) is 22.2. The van der Waals surface area contributed by atoms with Crippen LogP contribution >= 0.6 is 0 Å². The standard InChI is InChI=1S/C13H19N3O3/c1-2-18-13-10(4-3-7-15-13)16-12(17)11-6-5-9(8-14)19-11/h3-4,7,9,11H,2,5-6,8,14H2,1H3,(H,16,17). The molecule has 2 rings (SSSR count). The first kappa shape index (κ1) is 13.8. The average molecular weight is 265 g/mol. The van der Waals surface area contributed by atoms with E-state index in [2.05, 4.69) is 10.3 Å². The number of hydrogen-bond acceptors (Lipinski definition) is 5. The second-order valence-electron chi connectivity index (χ2n) is 4.34. The summed E-state index contributed by atoms with van der Waals surface area (Å²) in [7, 11) is 0. The van der Waals surface area contributed by atoms with E-state index in [1.54, 1.807) is 18.3 Å². The van der Waals surface area contributed by atoms with Crippen LogP contribution in [0.3, 0.4) is 0 Å². The summed E-state index contributed by atoms with van der Waals surface area (Å²) in [6, 6.07) is 3.50. The van der Waals surface area contributed by atoms with Gasteiger partial charge in [-0.05, 0) is 31.9 Å². The molecule has 0 bridgehead atoms. The molecule has 1 aliphatic rings. The fourth-order valence-corrected chi connectivity index (χ4v) is 2.02. The Morgan fingerprint density at radius 2 is 2.47 bits per heavy atom. The van der Waals surface area contributed by atoms with Gasteiger partial charge in [0.25, 0.3) is 5.91 Å². The van der Waals surface area contributed by atoms with Gasteiger partial charge in [-0.3, -0.25) is 4.79 Å². The van der Waals surface area contributed by atoms with Crippen LogP contribution in [0.25, 0.3) is 0 Å². The Morgan fingerprint density at radius 3 is 3.16 bits per heavy atom. The molecular weight excluding hydrogens is 246 g/mol. The van der Waals surface area contributed by atoms with Gasteiger partial charge in [-0.1, -0.05) is 0 Å². The summed E-state index contributed by atoms with van der Waals surface area (Å²) in [6.45, 7) is 2.81. The summed E-state index contributed by atoms with van der Waals surface area (Å²) < 4.78 is 10.9. The summed E-state index contributed by atoms with van der Waals surface area (Å²) in [5.74, 6) is 0.247. The van der Waals surface area contributed by atoms with Gasteiger partial charge in [0.2, 0.25) is 5.88 Å². The van der Waals surface area contributed by atoms with Crippen LogP contribution in [-0.4, -0.2) is 36.3 Å². The first-order valence-electron chi connectivity index (χ1n) is 6.48. The van der Waals surface area contributed by atoms with Crippen molar-refractivity contribution in [2.75, 3.05) is 18.5 Å². The molecule has 104 valence electrons.